The largest absolute Gasteiger partial charge is 0.497 e. The Morgan fingerprint density at radius 1 is 1.14 bits per heavy atom. The fourth-order valence-corrected chi connectivity index (χ4v) is 5.99. The molecule has 4 aromatic rings. The number of rotatable bonds is 8. The molecule has 2 aromatic carbocycles. The van der Waals surface area contributed by atoms with E-state index in [1.807, 2.05) is 30.3 Å². The molecule has 3 heterocycles. The number of pyridine rings is 1. The number of nitrogens with one attached hydrogen (secondary N) is 2. The fourth-order valence-electron chi connectivity index (χ4n) is 5.99. The predicted octanol–water partition coefficient (Wildman–Crippen LogP) is 5.80. The van der Waals surface area contributed by atoms with Crippen LogP contribution in [0.25, 0.3) is 22.2 Å². The molecule has 1 fully saturated rings. The van der Waals surface area contributed by atoms with Gasteiger partial charge in [0.05, 0.1) is 38.1 Å². The number of carbonyl (C=O) groups is 2. The van der Waals surface area contributed by atoms with Crippen molar-refractivity contribution >= 4 is 28.8 Å². The number of halogens is 1. The zero-order valence-electron chi connectivity index (χ0n) is 23.3. The van der Waals surface area contributed by atoms with Crippen LogP contribution in [0.15, 0.2) is 53.1 Å². The number of para-hydroxylation sites is 1. The maximum Gasteiger partial charge on any atom is 0.404 e. The van der Waals surface area contributed by atoms with Gasteiger partial charge in [-0.1, -0.05) is 31.0 Å². The van der Waals surface area contributed by atoms with Crippen molar-refractivity contribution in [3.8, 4) is 22.8 Å². The lowest BCUT2D eigenvalue weighted by atomic mass is 9.90. The minimum atomic E-state index is -1.13. The van der Waals surface area contributed by atoms with Crippen molar-refractivity contribution in [3.63, 3.8) is 0 Å². The van der Waals surface area contributed by atoms with Gasteiger partial charge in [0.15, 0.2) is 11.6 Å². The highest BCUT2D eigenvalue weighted by Gasteiger charge is 2.38. The molecule has 1 saturated carbocycles. The van der Waals surface area contributed by atoms with E-state index < -0.39 is 18.0 Å². The first-order valence-electron chi connectivity index (χ1n) is 13.8. The van der Waals surface area contributed by atoms with Crippen molar-refractivity contribution in [1.82, 2.24) is 15.2 Å². The normalized spacial score (nSPS) is 18.2. The number of hydrogen-bond donors (Lipinski definition) is 3. The van der Waals surface area contributed by atoms with Crippen LogP contribution in [0.5, 0.6) is 11.5 Å². The van der Waals surface area contributed by atoms with Crippen LogP contribution in [-0.4, -0.2) is 53.3 Å². The summed E-state index contributed by atoms with van der Waals surface area (Å²) in [6, 6.07) is 12.0. The standard InChI is InChI=1S/C31H31FN4O6/c1-40-18-12-11-17(25(13-18)41-2)14-36-15-20-26(30(36)37)28(21-16-42-24-10-6-3-7-19(21)24)35-29(27(20)32)33-22-8-4-5-9-23(22)34-31(38)39/h3,6-7,10-13,16,22-23,34H,4-5,8-9,14-15H2,1-2H3,(H,33,35)(H,38,39). The van der Waals surface area contributed by atoms with E-state index in [-0.39, 0.29) is 42.0 Å². The number of benzene rings is 2. The Bertz CT molecular complexity index is 1670. The van der Waals surface area contributed by atoms with Crippen molar-refractivity contribution in [1.29, 1.82) is 0 Å². The first-order chi connectivity index (χ1) is 20.4. The van der Waals surface area contributed by atoms with Gasteiger partial charge in [-0.05, 0) is 31.0 Å². The first kappa shape index (κ1) is 27.4. The van der Waals surface area contributed by atoms with Crippen LogP contribution in [-0.2, 0) is 13.1 Å². The molecule has 218 valence electrons. The monoisotopic (exact) mass is 574 g/mol. The summed E-state index contributed by atoms with van der Waals surface area (Å²) in [7, 11) is 3.10. The Morgan fingerprint density at radius 2 is 1.93 bits per heavy atom. The smallest absolute Gasteiger partial charge is 0.404 e. The number of hydrogen-bond acceptors (Lipinski definition) is 7. The minimum absolute atomic E-state index is 0.0187. The molecule has 6 rings (SSSR count). The molecule has 0 radical (unpaired) electrons. The molecular weight excluding hydrogens is 543 g/mol. The molecule has 0 spiro atoms. The van der Waals surface area contributed by atoms with Crippen LogP contribution in [0.2, 0.25) is 0 Å². The molecule has 2 amide bonds. The summed E-state index contributed by atoms with van der Waals surface area (Å²) < 4.78 is 32.9. The quantitative estimate of drug-likeness (QED) is 0.241. The highest BCUT2D eigenvalue weighted by molar-refractivity contribution is 6.07. The lowest BCUT2D eigenvalue weighted by Crippen LogP contribution is -2.48. The Morgan fingerprint density at radius 3 is 2.69 bits per heavy atom. The minimum Gasteiger partial charge on any atom is -0.497 e. The molecule has 10 nitrogen and oxygen atoms in total. The van der Waals surface area contributed by atoms with E-state index in [2.05, 4.69) is 15.6 Å². The second kappa shape index (κ2) is 11.2. The van der Waals surface area contributed by atoms with Gasteiger partial charge < -0.3 is 34.5 Å². The third-order valence-corrected chi connectivity index (χ3v) is 8.07. The average molecular weight is 575 g/mol. The number of nitrogens with zero attached hydrogens (tertiary/aromatic N) is 2. The molecule has 2 atom stereocenters. The van der Waals surface area contributed by atoms with E-state index in [9.17, 15) is 14.7 Å². The lowest BCUT2D eigenvalue weighted by molar-refractivity contribution is 0.0765. The first-order valence-corrected chi connectivity index (χ1v) is 13.8. The Hall–Kier alpha value is -4.80. The van der Waals surface area contributed by atoms with Crippen molar-refractivity contribution in [2.45, 2.75) is 50.9 Å². The van der Waals surface area contributed by atoms with Crippen molar-refractivity contribution in [2.75, 3.05) is 19.5 Å². The summed E-state index contributed by atoms with van der Waals surface area (Å²) in [5, 5.41) is 15.8. The van der Waals surface area contributed by atoms with Crippen LogP contribution < -0.4 is 20.1 Å². The van der Waals surface area contributed by atoms with Gasteiger partial charge in [0.25, 0.3) is 5.91 Å². The van der Waals surface area contributed by atoms with E-state index in [0.717, 1.165) is 23.8 Å². The number of amides is 2. The summed E-state index contributed by atoms with van der Waals surface area (Å²) in [6.07, 6.45) is 3.43. The highest BCUT2D eigenvalue weighted by Crippen LogP contribution is 2.40. The molecule has 2 aromatic heterocycles. The van der Waals surface area contributed by atoms with Crippen LogP contribution >= 0.6 is 0 Å². The van der Waals surface area contributed by atoms with Gasteiger partial charge in [-0.25, -0.2) is 14.2 Å². The van der Waals surface area contributed by atoms with E-state index in [1.165, 1.54) is 6.26 Å². The zero-order valence-corrected chi connectivity index (χ0v) is 23.3. The average Bonchev–Trinajstić information content (AvgIpc) is 3.57. The SMILES string of the molecule is COc1ccc(CN2Cc3c(F)c(NC4CCCCC4NC(=O)O)nc(-c4coc5ccccc45)c3C2=O)c(OC)c1. The maximum absolute atomic E-state index is 16.3. The summed E-state index contributed by atoms with van der Waals surface area (Å²) in [4.78, 5) is 31.6. The Kier molecular flexibility index (Phi) is 7.32. The van der Waals surface area contributed by atoms with Crippen molar-refractivity contribution in [3.05, 3.63) is 71.2 Å². The summed E-state index contributed by atoms with van der Waals surface area (Å²) in [6.45, 7) is 0.207. The van der Waals surface area contributed by atoms with Crippen LogP contribution in [0.1, 0.15) is 47.2 Å². The molecule has 2 unspecified atom stereocenters. The van der Waals surface area contributed by atoms with Crippen molar-refractivity contribution in [2.24, 2.45) is 0 Å². The molecule has 0 saturated heterocycles. The number of aromatic nitrogens is 1. The molecule has 0 bridgehead atoms. The van der Waals surface area contributed by atoms with Gasteiger partial charge >= 0.3 is 6.09 Å². The Labute approximate surface area is 241 Å². The van der Waals surface area contributed by atoms with E-state index >= 15 is 4.39 Å². The molecule has 42 heavy (non-hydrogen) atoms. The highest BCUT2D eigenvalue weighted by atomic mass is 19.1. The molecule has 1 aliphatic heterocycles. The molecule has 2 aliphatic rings. The third-order valence-electron chi connectivity index (χ3n) is 8.07. The molecule has 11 heteroatoms. The maximum atomic E-state index is 16.3. The number of furan rings is 1. The van der Waals surface area contributed by atoms with Crippen LogP contribution in [0.4, 0.5) is 15.0 Å². The van der Waals surface area contributed by atoms with E-state index in [4.69, 9.17) is 13.9 Å². The number of methoxy groups -OCH3 is 2. The molecular formula is C31H31FN4O6. The number of fused-ring (bicyclic) bond motifs is 2. The van der Waals surface area contributed by atoms with Gasteiger partial charge in [-0.2, -0.15) is 0 Å². The zero-order chi connectivity index (χ0) is 29.4. The van der Waals surface area contributed by atoms with Gasteiger partial charge in [-0.15, -0.1) is 0 Å². The number of anilines is 1. The van der Waals surface area contributed by atoms with E-state index in [0.29, 0.717) is 41.2 Å². The topological polar surface area (TPSA) is 126 Å². The number of ether oxygens (including phenoxy) is 2. The third kappa shape index (κ3) is 4.95. The number of carbonyl (C=O) groups excluding carboxylic acids is 1. The van der Waals surface area contributed by atoms with Crippen LogP contribution in [0, 0.1) is 5.82 Å². The number of carboxylic acid groups (broad SMARTS) is 1. The van der Waals surface area contributed by atoms with E-state index in [1.54, 1.807) is 31.3 Å². The van der Waals surface area contributed by atoms with Gasteiger partial charge in [0, 0.05) is 40.7 Å². The van der Waals surface area contributed by atoms with Gasteiger partial charge in [-0.3, -0.25) is 4.79 Å². The summed E-state index contributed by atoms with van der Waals surface area (Å²) in [5.41, 5.74) is 2.65. The second-order valence-corrected chi connectivity index (χ2v) is 10.6. The van der Waals surface area contributed by atoms with Crippen molar-refractivity contribution < 1.29 is 33.0 Å². The molecule has 1 aliphatic carbocycles. The lowest BCUT2D eigenvalue weighted by Gasteiger charge is -2.32. The second-order valence-electron chi connectivity index (χ2n) is 10.6. The van der Waals surface area contributed by atoms with Crippen LogP contribution in [0.3, 0.4) is 0 Å². The summed E-state index contributed by atoms with van der Waals surface area (Å²) in [5.74, 6) is 0.164. The summed E-state index contributed by atoms with van der Waals surface area (Å²) >= 11 is 0. The fraction of sp³-hybridized carbons (Fsp3) is 0.323. The molecule has 3 N–H and O–H groups in total. The van der Waals surface area contributed by atoms with Gasteiger partial charge in [0.1, 0.15) is 23.3 Å². The van der Waals surface area contributed by atoms with Gasteiger partial charge in [0.2, 0.25) is 0 Å². The Balaban J connectivity index is 1.42. The predicted molar refractivity (Wildman–Crippen MR) is 153 cm³/mol.